The van der Waals surface area contributed by atoms with Crippen LogP contribution in [0, 0.1) is 0 Å². The minimum Gasteiger partial charge on any atom is -0.507 e. The van der Waals surface area contributed by atoms with Crippen molar-refractivity contribution in [2.45, 2.75) is 19.0 Å². The summed E-state index contributed by atoms with van der Waals surface area (Å²) in [6.07, 6.45) is 0.460. The Kier molecular flexibility index (Phi) is 6.75. The molecule has 6 rings (SSSR count). The molecule has 0 unspecified atom stereocenters. The van der Waals surface area contributed by atoms with E-state index in [1.807, 2.05) is 48.5 Å². The van der Waals surface area contributed by atoms with Crippen LogP contribution in [0.15, 0.2) is 77.6 Å². The van der Waals surface area contributed by atoms with Crippen molar-refractivity contribution in [2.24, 2.45) is 0 Å². The Labute approximate surface area is 232 Å². The second kappa shape index (κ2) is 10.7. The van der Waals surface area contributed by atoms with Gasteiger partial charge in [-0.05, 0) is 41.8 Å². The maximum atomic E-state index is 13.0. The summed E-state index contributed by atoms with van der Waals surface area (Å²) in [5.41, 5.74) is 3.03. The molecule has 0 fully saturated rings. The van der Waals surface area contributed by atoms with E-state index in [-0.39, 0.29) is 30.3 Å². The second-order valence-corrected chi connectivity index (χ2v) is 9.70. The molecule has 2 aromatic heterocycles. The summed E-state index contributed by atoms with van der Waals surface area (Å²) in [5.74, 6) is 1.65. The van der Waals surface area contributed by atoms with E-state index in [0.717, 1.165) is 17.2 Å². The number of amides is 2. The lowest BCUT2D eigenvalue weighted by atomic mass is 10.1. The minimum absolute atomic E-state index is 0.143. The summed E-state index contributed by atoms with van der Waals surface area (Å²) in [6.45, 7) is 0.467. The smallest absolute Gasteiger partial charge is 0.315 e. The molecule has 5 N–H and O–H groups in total. The number of aromatic nitrogens is 3. The first-order valence-electron chi connectivity index (χ1n) is 12.5. The molecule has 3 heterocycles. The summed E-state index contributed by atoms with van der Waals surface area (Å²) in [6, 6.07) is 20.6. The summed E-state index contributed by atoms with van der Waals surface area (Å²) < 4.78 is 10.8. The highest BCUT2D eigenvalue weighted by molar-refractivity contribution is 6.32. The number of carbonyl (C=O) groups excluding carboxylic acids is 1. The van der Waals surface area contributed by atoms with Gasteiger partial charge in [0.05, 0.1) is 11.6 Å². The number of hydrogen-bond acceptors (Lipinski definition) is 6. The predicted octanol–water partition coefficient (Wildman–Crippen LogP) is 4.79. The van der Waals surface area contributed by atoms with Gasteiger partial charge in [-0.15, -0.1) is 0 Å². The van der Waals surface area contributed by atoms with Crippen molar-refractivity contribution in [3.05, 3.63) is 105 Å². The molecule has 1 aliphatic rings. The Morgan fingerprint density at radius 3 is 2.67 bits per heavy atom. The van der Waals surface area contributed by atoms with Crippen LogP contribution in [0.5, 0.6) is 17.2 Å². The number of aromatic hydroxyl groups is 1. The Morgan fingerprint density at radius 2 is 1.82 bits per heavy atom. The number of fused-ring (bicyclic) bond motifs is 2. The number of ether oxygens (including phenoxy) is 2. The van der Waals surface area contributed by atoms with Gasteiger partial charge in [0.25, 0.3) is 5.56 Å². The largest absolute Gasteiger partial charge is 0.507 e. The van der Waals surface area contributed by atoms with Gasteiger partial charge in [-0.1, -0.05) is 54.1 Å². The highest BCUT2D eigenvalue weighted by atomic mass is 35.5. The van der Waals surface area contributed by atoms with Crippen LogP contribution < -0.4 is 25.7 Å². The van der Waals surface area contributed by atoms with Crippen LogP contribution in [-0.4, -0.2) is 32.9 Å². The molecule has 3 aromatic carbocycles. The molecule has 0 bridgehead atoms. The number of carbonyl (C=O) groups is 1. The van der Waals surface area contributed by atoms with Crippen LogP contribution in [0.3, 0.4) is 0 Å². The molecule has 1 aliphatic heterocycles. The number of hydrogen-bond donors (Lipinski definition) is 5. The number of nitrogens with one attached hydrogen (secondary N) is 4. The van der Waals surface area contributed by atoms with Crippen LogP contribution in [0.1, 0.15) is 23.0 Å². The van der Waals surface area contributed by atoms with Crippen LogP contribution in [-0.2, 0) is 13.0 Å². The van der Waals surface area contributed by atoms with E-state index in [4.69, 9.17) is 26.1 Å². The SMILES string of the molecule is O=C(NCc1ccc2c(c1)OCO2)N[C@@H](Cc1ccccc1)c1nc(-c2ccc3[nH]c(=O)cc(O)c3c2)c(Cl)[nH]1. The average Bonchev–Trinajstić information content (AvgIpc) is 3.58. The third-order valence-corrected chi connectivity index (χ3v) is 6.85. The van der Waals surface area contributed by atoms with Crippen LogP contribution in [0.25, 0.3) is 22.2 Å². The molecule has 10 nitrogen and oxygen atoms in total. The van der Waals surface area contributed by atoms with Crippen molar-refractivity contribution in [1.29, 1.82) is 0 Å². The molecule has 0 aliphatic carbocycles. The third kappa shape index (κ3) is 5.29. The first-order chi connectivity index (χ1) is 19.4. The van der Waals surface area contributed by atoms with Crippen molar-refractivity contribution in [1.82, 2.24) is 25.6 Å². The summed E-state index contributed by atoms with van der Waals surface area (Å²) >= 11 is 6.58. The van der Waals surface area contributed by atoms with Gasteiger partial charge in [0.15, 0.2) is 11.5 Å². The fourth-order valence-corrected chi connectivity index (χ4v) is 4.87. The molecule has 1 atom stereocenters. The number of imidazole rings is 1. The Hall–Kier alpha value is -4.96. The molecule has 5 aromatic rings. The van der Waals surface area contributed by atoms with E-state index in [1.54, 1.807) is 18.2 Å². The fourth-order valence-electron chi connectivity index (χ4n) is 4.62. The maximum Gasteiger partial charge on any atom is 0.315 e. The lowest BCUT2D eigenvalue weighted by molar-refractivity contribution is 0.174. The Balaban J connectivity index is 1.25. The fraction of sp³-hybridized carbons (Fsp3) is 0.138. The number of halogens is 1. The van der Waals surface area contributed by atoms with Gasteiger partial charge in [-0.3, -0.25) is 4.79 Å². The van der Waals surface area contributed by atoms with Gasteiger partial charge in [0, 0.05) is 23.6 Å². The lowest BCUT2D eigenvalue weighted by Crippen LogP contribution is -2.38. The number of aromatic amines is 2. The standard InChI is InChI=1S/C29H24ClN5O5/c30-27-26(18-7-8-20-19(12-18)22(36)13-25(37)32-20)34-28(35-27)21(10-16-4-2-1-3-5-16)33-29(38)31-14-17-6-9-23-24(11-17)40-15-39-23/h1-9,11-13,21H,10,14-15H2,(H,34,35)(H2,31,33,38)(H2,32,36,37)/t21-/m0/s1. The van der Waals surface area contributed by atoms with Crippen molar-refractivity contribution < 1.29 is 19.4 Å². The number of rotatable bonds is 7. The zero-order valence-electron chi connectivity index (χ0n) is 21.0. The third-order valence-electron chi connectivity index (χ3n) is 6.58. The molecular weight excluding hydrogens is 534 g/mol. The zero-order chi connectivity index (χ0) is 27.6. The minimum atomic E-state index is -0.532. The summed E-state index contributed by atoms with van der Waals surface area (Å²) in [4.78, 5) is 35.2. The Morgan fingerprint density at radius 1 is 1.00 bits per heavy atom. The van der Waals surface area contributed by atoms with Gasteiger partial charge in [0.2, 0.25) is 6.79 Å². The quantitative estimate of drug-likeness (QED) is 0.195. The first-order valence-corrected chi connectivity index (χ1v) is 12.9. The zero-order valence-corrected chi connectivity index (χ0v) is 21.8. The van der Waals surface area contributed by atoms with Gasteiger partial charge >= 0.3 is 6.03 Å². The number of pyridine rings is 1. The van der Waals surface area contributed by atoms with E-state index in [9.17, 15) is 14.7 Å². The van der Waals surface area contributed by atoms with E-state index in [1.165, 1.54) is 0 Å². The first kappa shape index (κ1) is 25.3. The monoisotopic (exact) mass is 557 g/mol. The molecule has 0 radical (unpaired) electrons. The Bertz CT molecular complexity index is 1770. The summed E-state index contributed by atoms with van der Waals surface area (Å²) in [7, 11) is 0. The van der Waals surface area contributed by atoms with E-state index in [2.05, 4.69) is 20.6 Å². The van der Waals surface area contributed by atoms with Crippen LogP contribution in [0.4, 0.5) is 4.79 Å². The van der Waals surface area contributed by atoms with Gasteiger partial charge in [-0.25, -0.2) is 9.78 Å². The molecule has 0 spiro atoms. The van der Waals surface area contributed by atoms with Gasteiger partial charge in [-0.2, -0.15) is 0 Å². The van der Waals surface area contributed by atoms with Crippen molar-refractivity contribution >= 4 is 28.5 Å². The van der Waals surface area contributed by atoms with Gasteiger partial charge in [0.1, 0.15) is 22.4 Å². The van der Waals surface area contributed by atoms with Crippen LogP contribution in [0.2, 0.25) is 5.15 Å². The lowest BCUT2D eigenvalue weighted by Gasteiger charge is -2.18. The molecule has 11 heteroatoms. The van der Waals surface area contributed by atoms with Gasteiger partial charge < -0.3 is 35.2 Å². The number of nitrogens with zero attached hydrogens (tertiary/aromatic N) is 1. The average molecular weight is 558 g/mol. The molecule has 0 saturated carbocycles. The molecule has 202 valence electrons. The van der Waals surface area contributed by atoms with E-state index in [0.29, 0.717) is 45.9 Å². The second-order valence-electron chi connectivity index (χ2n) is 9.32. The molecule has 40 heavy (non-hydrogen) atoms. The van der Waals surface area contributed by atoms with Crippen molar-refractivity contribution in [3.63, 3.8) is 0 Å². The maximum absolute atomic E-state index is 13.0. The number of benzene rings is 3. The highest BCUT2D eigenvalue weighted by Crippen LogP contribution is 2.33. The number of H-pyrrole nitrogens is 2. The summed E-state index contributed by atoms with van der Waals surface area (Å²) in [5, 5.41) is 16.9. The van der Waals surface area contributed by atoms with Crippen molar-refractivity contribution in [3.8, 4) is 28.5 Å². The highest BCUT2D eigenvalue weighted by Gasteiger charge is 2.22. The molecule has 0 saturated heterocycles. The van der Waals surface area contributed by atoms with E-state index >= 15 is 0 Å². The van der Waals surface area contributed by atoms with E-state index < -0.39 is 11.6 Å². The molecular formula is C29H24ClN5O5. The normalized spacial score (nSPS) is 12.8. The van der Waals surface area contributed by atoms with Crippen molar-refractivity contribution in [2.75, 3.05) is 6.79 Å². The predicted molar refractivity (Wildman–Crippen MR) is 150 cm³/mol. The van der Waals surface area contributed by atoms with Crippen LogP contribution >= 0.6 is 11.6 Å². The number of urea groups is 1. The molecule has 2 amide bonds. The topological polar surface area (TPSA) is 141 Å².